The highest BCUT2D eigenvalue weighted by Crippen LogP contribution is 2.37. The fourth-order valence-corrected chi connectivity index (χ4v) is 4.01. The van der Waals surface area contributed by atoms with Gasteiger partial charge in [0.2, 0.25) is 11.8 Å². The zero-order valence-corrected chi connectivity index (χ0v) is 14.4. The molecule has 124 valence electrons. The monoisotopic (exact) mass is 354 g/mol. The van der Waals surface area contributed by atoms with Crippen molar-refractivity contribution in [1.29, 1.82) is 0 Å². The Hall–Kier alpha value is -1.26. The highest BCUT2D eigenvalue weighted by molar-refractivity contribution is 6.40. The van der Waals surface area contributed by atoms with Crippen molar-refractivity contribution >= 4 is 40.7 Å². The second-order valence-electron chi connectivity index (χ2n) is 6.32. The van der Waals surface area contributed by atoms with Gasteiger partial charge in [-0.3, -0.25) is 9.59 Å². The van der Waals surface area contributed by atoms with Gasteiger partial charge in [0.15, 0.2) is 0 Å². The summed E-state index contributed by atoms with van der Waals surface area (Å²) in [5.41, 5.74) is 0.508. The van der Waals surface area contributed by atoms with Crippen LogP contribution < -0.4 is 10.2 Å². The fraction of sp³-hybridized carbons (Fsp3) is 0.529. The van der Waals surface area contributed by atoms with Crippen LogP contribution in [0, 0.1) is 5.92 Å². The first kappa shape index (κ1) is 16.6. The van der Waals surface area contributed by atoms with Crippen molar-refractivity contribution in [2.24, 2.45) is 5.92 Å². The van der Waals surface area contributed by atoms with E-state index in [9.17, 15) is 9.59 Å². The molecule has 1 atom stereocenters. The molecule has 1 aliphatic heterocycles. The predicted octanol–water partition coefficient (Wildman–Crippen LogP) is 3.80. The van der Waals surface area contributed by atoms with Gasteiger partial charge in [0.05, 0.1) is 21.7 Å². The molecule has 23 heavy (non-hydrogen) atoms. The highest BCUT2D eigenvalue weighted by atomic mass is 35.5. The molecule has 2 amide bonds. The van der Waals surface area contributed by atoms with Crippen LogP contribution in [0.5, 0.6) is 0 Å². The van der Waals surface area contributed by atoms with Crippen LogP contribution in [0.1, 0.15) is 38.5 Å². The molecule has 3 rings (SSSR count). The van der Waals surface area contributed by atoms with Gasteiger partial charge in [0, 0.05) is 19.0 Å². The number of rotatable bonds is 3. The van der Waals surface area contributed by atoms with Gasteiger partial charge < -0.3 is 10.2 Å². The number of halogens is 2. The molecule has 1 unspecified atom stereocenters. The van der Waals surface area contributed by atoms with Crippen molar-refractivity contribution in [2.45, 2.75) is 44.6 Å². The van der Waals surface area contributed by atoms with E-state index in [0.717, 1.165) is 25.7 Å². The maximum absolute atomic E-state index is 12.4. The first-order valence-electron chi connectivity index (χ1n) is 8.11. The molecule has 2 aliphatic rings. The fourth-order valence-electron chi connectivity index (χ4n) is 3.41. The van der Waals surface area contributed by atoms with E-state index >= 15 is 0 Å². The Morgan fingerprint density at radius 2 is 1.78 bits per heavy atom. The Labute approximate surface area is 146 Å². The van der Waals surface area contributed by atoms with Crippen molar-refractivity contribution < 1.29 is 9.59 Å². The van der Waals surface area contributed by atoms with E-state index in [-0.39, 0.29) is 30.2 Å². The Morgan fingerprint density at radius 1 is 1.13 bits per heavy atom. The summed E-state index contributed by atoms with van der Waals surface area (Å²) in [7, 11) is 0. The molecule has 0 aromatic heterocycles. The quantitative estimate of drug-likeness (QED) is 0.897. The average molecular weight is 355 g/mol. The van der Waals surface area contributed by atoms with Crippen molar-refractivity contribution in [3.63, 3.8) is 0 Å². The molecule has 0 bridgehead atoms. The van der Waals surface area contributed by atoms with Gasteiger partial charge in [-0.1, -0.05) is 48.5 Å². The molecule has 1 N–H and O–H groups in total. The Balaban J connectivity index is 1.68. The van der Waals surface area contributed by atoms with Crippen molar-refractivity contribution in [3.05, 3.63) is 28.2 Å². The lowest BCUT2D eigenvalue weighted by molar-refractivity contribution is -0.127. The third-order valence-electron chi connectivity index (χ3n) is 4.65. The molecule has 1 aliphatic carbocycles. The summed E-state index contributed by atoms with van der Waals surface area (Å²) < 4.78 is 0. The standard InChI is InChI=1S/C17H20Cl2N2O2/c18-13-7-4-8-14(19)16(13)21-10-11(9-15(21)22)17(23)20-12-5-2-1-3-6-12/h4,7-8,11-12H,1-3,5-6,9-10H2,(H,20,23). The van der Waals surface area contributed by atoms with E-state index in [1.54, 1.807) is 18.2 Å². The largest absolute Gasteiger partial charge is 0.353 e. The van der Waals surface area contributed by atoms with Gasteiger partial charge in [0.1, 0.15) is 0 Å². The highest BCUT2D eigenvalue weighted by Gasteiger charge is 2.37. The number of amides is 2. The van der Waals surface area contributed by atoms with E-state index in [4.69, 9.17) is 23.2 Å². The number of para-hydroxylation sites is 1. The lowest BCUT2D eigenvalue weighted by atomic mass is 9.95. The van der Waals surface area contributed by atoms with Crippen molar-refractivity contribution in [3.8, 4) is 0 Å². The molecule has 1 aromatic carbocycles. The summed E-state index contributed by atoms with van der Waals surface area (Å²) in [5, 5.41) is 3.96. The van der Waals surface area contributed by atoms with Crippen LogP contribution in [0.25, 0.3) is 0 Å². The van der Waals surface area contributed by atoms with Crippen LogP contribution in [0.2, 0.25) is 10.0 Å². The minimum Gasteiger partial charge on any atom is -0.353 e. The van der Waals surface area contributed by atoms with Crippen LogP contribution in [0.15, 0.2) is 18.2 Å². The number of hydrogen-bond acceptors (Lipinski definition) is 2. The number of anilines is 1. The molecule has 1 aromatic rings. The Morgan fingerprint density at radius 3 is 2.43 bits per heavy atom. The molecule has 4 nitrogen and oxygen atoms in total. The van der Waals surface area contributed by atoms with Crippen LogP contribution in [0.4, 0.5) is 5.69 Å². The number of benzene rings is 1. The van der Waals surface area contributed by atoms with E-state index in [1.165, 1.54) is 11.3 Å². The predicted molar refractivity (Wildman–Crippen MR) is 91.9 cm³/mol. The molecular weight excluding hydrogens is 335 g/mol. The normalized spacial score (nSPS) is 22.4. The van der Waals surface area contributed by atoms with E-state index in [2.05, 4.69) is 5.32 Å². The summed E-state index contributed by atoms with van der Waals surface area (Å²) in [6.45, 7) is 0.334. The molecule has 0 radical (unpaired) electrons. The summed E-state index contributed by atoms with van der Waals surface area (Å²) in [6, 6.07) is 5.39. The Bertz CT molecular complexity index is 594. The second-order valence-corrected chi connectivity index (χ2v) is 7.13. The van der Waals surface area contributed by atoms with Gasteiger partial charge in [-0.15, -0.1) is 0 Å². The minimum absolute atomic E-state index is 0.0315. The first-order valence-corrected chi connectivity index (χ1v) is 8.86. The van der Waals surface area contributed by atoms with Crippen LogP contribution in [-0.2, 0) is 9.59 Å². The van der Waals surface area contributed by atoms with Crippen LogP contribution in [-0.4, -0.2) is 24.4 Å². The average Bonchev–Trinajstić information content (AvgIpc) is 2.90. The van der Waals surface area contributed by atoms with Crippen LogP contribution >= 0.6 is 23.2 Å². The summed E-state index contributed by atoms with van der Waals surface area (Å²) in [4.78, 5) is 26.3. The molecule has 2 fully saturated rings. The first-order chi connectivity index (χ1) is 11.1. The lowest BCUT2D eigenvalue weighted by Gasteiger charge is -2.24. The smallest absolute Gasteiger partial charge is 0.227 e. The van der Waals surface area contributed by atoms with Gasteiger partial charge in [0.25, 0.3) is 0 Å². The number of hydrogen-bond donors (Lipinski definition) is 1. The Kier molecular flexibility index (Phi) is 5.12. The summed E-state index contributed by atoms with van der Waals surface area (Å²) in [6.07, 6.45) is 5.85. The van der Waals surface area contributed by atoms with Gasteiger partial charge in [-0.05, 0) is 25.0 Å². The topological polar surface area (TPSA) is 49.4 Å². The SMILES string of the molecule is O=C(NC1CCCCC1)C1CC(=O)N(c2c(Cl)cccc2Cl)C1. The molecule has 1 saturated carbocycles. The molecule has 0 spiro atoms. The van der Waals surface area contributed by atoms with E-state index in [1.807, 2.05) is 0 Å². The third kappa shape index (κ3) is 3.64. The zero-order chi connectivity index (χ0) is 16.4. The molecule has 6 heteroatoms. The molecular formula is C17H20Cl2N2O2. The maximum atomic E-state index is 12.4. The molecule has 1 heterocycles. The number of nitrogens with zero attached hydrogens (tertiary/aromatic N) is 1. The third-order valence-corrected chi connectivity index (χ3v) is 5.26. The van der Waals surface area contributed by atoms with Crippen molar-refractivity contribution in [1.82, 2.24) is 5.32 Å². The van der Waals surface area contributed by atoms with Gasteiger partial charge in [-0.25, -0.2) is 0 Å². The van der Waals surface area contributed by atoms with Gasteiger partial charge in [-0.2, -0.15) is 0 Å². The maximum Gasteiger partial charge on any atom is 0.227 e. The number of carbonyl (C=O) groups is 2. The number of carbonyl (C=O) groups excluding carboxylic acids is 2. The zero-order valence-electron chi connectivity index (χ0n) is 12.9. The second kappa shape index (κ2) is 7.10. The number of nitrogens with one attached hydrogen (secondary N) is 1. The van der Waals surface area contributed by atoms with E-state index in [0.29, 0.717) is 22.3 Å². The van der Waals surface area contributed by atoms with Gasteiger partial charge >= 0.3 is 0 Å². The van der Waals surface area contributed by atoms with Crippen molar-refractivity contribution in [2.75, 3.05) is 11.4 Å². The van der Waals surface area contributed by atoms with E-state index < -0.39 is 0 Å². The lowest BCUT2D eigenvalue weighted by Crippen LogP contribution is -2.40. The summed E-state index contributed by atoms with van der Waals surface area (Å²) >= 11 is 12.4. The molecule has 1 saturated heterocycles. The minimum atomic E-state index is -0.336. The summed E-state index contributed by atoms with van der Waals surface area (Å²) in [5.74, 6) is -0.475. The van der Waals surface area contributed by atoms with Crippen LogP contribution in [0.3, 0.4) is 0 Å².